The molecule has 2 amide bonds. The maximum absolute atomic E-state index is 12.9. The highest BCUT2D eigenvalue weighted by molar-refractivity contribution is 5.97. The first-order valence-electron chi connectivity index (χ1n) is 8.95. The van der Waals surface area contributed by atoms with Crippen LogP contribution in [-0.2, 0) is 11.8 Å². The Balaban J connectivity index is 1.54. The topological polar surface area (TPSA) is 85.3 Å². The molecule has 1 aliphatic heterocycles. The fraction of sp³-hybridized carbons (Fsp3) is 0.421. The Labute approximate surface area is 151 Å². The van der Waals surface area contributed by atoms with Crippen LogP contribution >= 0.6 is 0 Å². The second-order valence-electron chi connectivity index (χ2n) is 6.87. The Morgan fingerprint density at radius 2 is 2.12 bits per heavy atom. The van der Waals surface area contributed by atoms with E-state index in [1.165, 1.54) is 0 Å². The van der Waals surface area contributed by atoms with E-state index in [2.05, 4.69) is 15.6 Å². The fourth-order valence-corrected chi connectivity index (χ4v) is 3.24. The second-order valence-corrected chi connectivity index (χ2v) is 6.87. The summed E-state index contributed by atoms with van der Waals surface area (Å²) in [6, 6.07) is 6.71. The van der Waals surface area contributed by atoms with Gasteiger partial charge in [-0.25, -0.2) is 4.98 Å². The lowest BCUT2D eigenvalue weighted by molar-refractivity contribution is -0.124. The number of ether oxygens (including phenoxy) is 1. The molecular formula is C19H22N4O3. The zero-order valence-corrected chi connectivity index (χ0v) is 14.6. The number of carbonyl (C=O) groups is 2. The van der Waals surface area contributed by atoms with E-state index in [1.807, 2.05) is 36.0 Å². The van der Waals surface area contributed by atoms with Gasteiger partial charge in [-0.1, -0.05) is 12.1 Å². The Kier molecular flexibility index (Phi) is 4.36. The molecule has 1 saturated heterocycles. The molecule has 0 unspecified atom stereocenters. The number of amides is 2. The van der Waals surface area contributed by atoms with Crippen molar-refractivity contribution < 1.29 is 14.3 Å². The lowest BCUT2D eigenvalue weighted by atomic mass is 9.96. The smallest absolute Gasteiger partial charge is 0.255 e. The van der Waals surface area contributed by atoms with E-state index in [9.17, 15) is 9.59 Å². The Morgan fingerprint density at radius 3 is 2.85 bits per heavy atom. The maximum atomic E-state index is 12.9. The van der Waals surface area contributed by atoms with Crippen LogP contribution in [0.25, 0.3) is 0 Å². The predicted octanol–water partition coefficient (Wildman–Crippen LogP) is 1.71. The van der Waals surface area contributed by atoms with E-state index in [0.29, 0.717) is 24.2 Å². The Morgan fingerprint density at radius 1 is 1.31 bits per heavy atom. The van der Waals surface area contributed by atoms with E-state index in [-0.39, 0.29) is 30.0 Å². The van der Waals surface area contributed by atoms with Crippen LogP contribution < -0.4 is 15.4 Å². The second kappa shape index (κ2) is 6.82. The Bertz CT molecular complexity index is 828. The van der Waals surface area contributed by atoms with Crippen LogP contribution in [0.2, 0.25) is 0 Å². The highest BCUT2D eigenvalue weighted by Crippen LogP contribution is 2.30. The largest absolute Gasteiger partial charge is 0.490 e. The number of carbonyl (C=O) groups excluding carboxylic acids is 2. The van der Waals surface area contributed by atoms with Gasteiger partial charge in [0.1, 0.15) is 17.6 Å². The third-order valence-electron chi connectivity index (χ3n) is 4.80. The highest BCUT2D eigenvalue weighted by atomic mass is 16.5. The molecule has 2 aromatic rings. The van der Waals surface area contributed by atoms with E-state index in [1.54, 1.807) is 12.3 Å². The Hall–Kier alpha value is -2.83. The zero-order valence-electron chi connectivity index (χ0n) is 14.6. The molecule has 2 N–H and O–H groups in total. The van der Waals surface area contributed by atoms with Crippen LogP contribution in [0.3, 0.4) is 0 Å². The van der Waals surface area contributed by atoms with E-state index < -0.39 is 0 Å². The summed E-state index contributed by atoms with van der Waals surface area (Å²) in [7, 11) is 1.88. The van der Waals surface area contributed by atoms with E-state index in [4.69, 9.17) is 4.74 Å². The minimum atomic E-state index is -0.350. The van der Waals surface area contributed by atoms with E-state index in [0.717, 1.165) is 18.7 Å². The number of para-hydroxylation sites is 1. The predicted molar refractivity (Wildman–Crippen MR) is 94.7 cm³/mol. The van der Waals surface area contributed by atoms with Gasteiger partial charge in [-0.2, -0.15) is 0 Å². The molecule has 0 spiro atoms. The van der Waals surface area contributed by atoms with Gasteiger partial charge in [-0.3, -0.25) is 9.59 Å². The number of rotatable bonds is 5. The number of hydrogen-bond acceptors (Lipinski definition) is 4. The molecule has 2 atom stereocenters. The molecule has 2 fully saturated rings. The average Bonchev–Trinajstić information content (AvgIpc) is 3.35. The number of aryl methyl sites for hydroxylation is 1. The van der Waals surface area contributed by atoms with Gasteiger partial charge in [-0.05, 0) is 31.4 Å². The van der Waals surface area contributed by atoms with Crippen molar-refractivity contribution in [3.05, 3.63) is 48.0 Å². The molecule has 26 heavy (non-hydrogen) atoms. The average molecular weight is 354 g/mol. The monoisotopic (exact) mass is 354 g/mol. The van der Waals surface area contributed by atoms with Crippen LogP contribution in [0.4, 0.5) is 0 Å². The molecule has 0 radical (unpaired) electrons. The minimum absolute atomic E-state index is 0.0269. The summed E-state index contributed by atoms with van der Waals surface area (Å²) in [5.74, 6) is 1.12. The van der Waals surface area contributed by atoms with Crippen LogP contribution in [0, 0.1) is 0 Å². The molecule has 136 valence electrons. The number of nitrogens with zero attached hydrogens (tertiary/aromatic N) is 2. The third-order valence-corrected chi connectivity index (χ3v) is 4.80. The first-order valence-corrected chi connectivity index (χ1v) is 8.95. The number of imidazole rings is 1. The molecule has 2 aliphatic rings. The first-order chi connectivity index (χ1) is 12.6. The van der Waals surface area contributed by atoms with E-state index >= 15 is 0 Å². The number of hydrogen-bond donors (Lipinski definition) is 2. The number of benzene rings is 1. The van der Waals surface area contributed by atoms with Crippen LogP contribution in [0.1, 0.15) is 47.9 Å². The standard InChI is InChI=1S/C19H22N4O3/c1-23-11-10-20-18(23)17-14(8-9-16(24)22-17)21-19(25)13-4-2-3-5-15(13)26-12-6-7-12/h2-5,10-12,14,17H,6-9H2,1H3,(H,21,25)(H,22,24)/t14-,17-/m1/s1. The van der Waals surface area contributed by atoms with Crippen molar-refractivity contribution in [3.8, 4) is 5.75 Å². The molecule has 0 bridgehead atoms. The summed E-state index contributed by atoms with van der Waals surface area (Å²) in [6.45, 7) is 0. The van der Waals surface area contributed by atoms with Gasteiger partial charge in [0, 0.05) is 25.9 Å². The number of nitrogens with one attached hydrogen (secondary N) is 2. The summed E-state index contributed by atoms with van der Waals surface area (Å²) >= 11 is 0. The molecule has 1 aliphatic carbocycles. The van der Waals surface area contributed by atoms with Gasteiger partial charge in [0.2, 0.25) is 5.91 Å². The molecule has 1 aromatic carbocycles. The van der Waals surface area contributed by atoms with Crippen molar-refractivity contribution in [2.45, 2.75) is 43.9 Å². The van der Waals surface area contributed by atoms with Gasteiger partial charge in [0.15, 0.2) is 0 Å². The molecule has 4 rings (SSSR count). The molecule has 1 saturated carbocycles. The molecule has 7 nitrogen and oxygen atoms in total. The molecule has 1 aromatic heterocycles. The summed E-state index contributed by atoms with van der Waals surface area (Å²) in [5, 5.41) is 6.02. The minimum Gasteiger partial charge on any atom is -0.490 e. The summed E-state index contributed by atoms with van der Waals surface area (Å²) < 4.78 is 7.72. The van der Waals surface area contributed by atoms with Crippen molar-refractivity contribution in [2.75, 3.05) is 0 Å². The first kappa shape index (κ1) is 16.6. The fourth-order valence-electron chi connectivity index (χ4n) is 3.24. The summed E-state index contributed by atoms with van der Waals surface area (Å²) in [6.07, 6.45) is 6.75. The molecule has 7 heteroatoms. The van der Waals surface area contributed by atoms with Gasteiger partial charge in [0.05, 0.1) is 17.7 Å². The van der Waals surface area contributed by atoms with Gasteiger partial charge in [-0.15, -0.1) is 0 Å². The van der Waals surface area contributed by atoms with Crippen molar-refractivity contribution in [1.82, 2.24) is 20.2 Å². The SMILES string of the molecule is Cn1ccnc1[C@@H]1NC(=O)CC[C@H]1NC(=O)c1ccccc1OC1CC1. The van der Waals surface area contributed by atoms with Gasteiger partial charge in [0.25, 0.3) is 5.91 Å². The van der Waals surface area contributed by atoms with Crippen molar-refractivity contribution in [1.29, 1.82) is 0 Å². The van der Waals surface area contributed by atoms with Crippen LogP contribution in [0.5, 0.6) is 5.75 Å². The van der Waals surface area contributed by atoms with Crippen molar-refractivity contribution in [2.24, 2.45) is 7.05 Å². The zero-order chi connectivity index (χ0) is 18.1. The highest BCUT2D eigenvalue weighted by Gasteiger charge is 2.34. The van der Waals surface area contributed by atoms with Gasteiger partial charge < -0.3 is 19.9 Å². The maximum Gasteiger partial charge on any atom is 0.255 e. The third kappa shape index (κ3) is 3.42. The lowest BCUT2D eigenvalue weighted by Gasteiger charge is -2.32. The quantitative estimate of drug-likeness (QED) is 0.856. The lowest BCUT2D eigenvalue weighted by Crippen LogP contribution is -2.50. The van der Waals surface area contributed by atoms with Crippen LogP contribution in [-0.4, -0.2) is 33.5 Å². The number of piperidine rings is 1. The van der Waals surface area contributed by atoms with Crippen molar-refractivity contribution >= 4 is 11.8 Å². The summed E-state index contributed by atoms with van der Waals surface area (Å²) in [4.78, 5) is 29.1. The van der Waals surface area contributed by atoms with Crippen LogP contribution in [0.15, 0.2) is 36.7 Å². The normalized spacial score (nSPS) is 22.6. The van der Waals surface area contributed by atoms with Gasteiger partial charge >= 0.3 is 0 Å². The molecular weight excluding hydrogens is 332 g/mol. The van der Waals surface area contributed by atoms with Crippen molar-refractivity contribution in [3.63, 3.8) is 0 Å². The molecule has 2 heterocycles. The summed E-state index contributed by atoms with van der Waals surface area (Å²) in [5.41, 5.74) is 0.523. The number of aromatic nitrogens is 2.